The first-order valence-electron chi connectivity index (χ1n) is 5.27. The lowest BCUT2D eigenvalue weighted by molar-refractivity contribution is -0.144. The molecule has 3 aromatic rings. The second-order valence-corrected chi connectivity index (χ2v) is 3.85. The van der Waals surface area contributed by atoms with Crippen molar-refractivity contribution >= 4 is 5.78 Å². The molecule has 0 fully saturated rings. The molecule has 19 heavy (non-hydrogen) atoms. The van der Waals surface area contributed by atoms with Gasteiger partial charge in [-0.3, -0.25) is 0 Å². The van der Waals surface area contributed by atoms with E-state index in [0.717, 1.165) is 4.52 Å². The Kier molecular flexibility index (Phi) is 2.31. The summed E-state index contributed by atoms with van der Waals surface area (Å²) in [5.74, 6) is -0.993. The summed E-state index contributed by atoms with van der Waals surface area (Å²) in [5, 5.41) is 7.41. The fraction of sp³-hybridized carbons (Fsp3) is 0.200. The molecule has 0 saturated carbocycles. The third-order valence-electron chi connectivity index (χ3n) is 2.41. The van der Waals surface area contributed by atoms with Gasteiger partial charge in [-0.05, 0) is 13.0 Å². The molecule has 0 aliphatic rings. The monoisotopic (exact) mass is 268 g/mol. The van der Waals surface area contributed by atoms with E-state index in [1.807, 2.05) is 0 Å². The fourth-order valence-corrected chi connectivity index (χ4v) is 1.66. The summed E-state index contributed by atoms with van der Waals surface area (Å²) in [5.41, 5.74) is 0.527. The Morgan fingerprint density at radius 2 is 2.00 bits per heavy atom. The summed E-state index contributed by atoms with van der Waals surface area (Å²) in [6, 6.07) is 3.23. The topological polar surface area (TPSA) is 60.9 Å². The molecule has 0 N–H and O–H groups in total. The molecular weight excluding hydrogens is 261 g/mol. The van der Waals surface area contributed by atoms with Crippen molar-refractivity contribution in [2.24, 2.45) is 0 Å². The minimum Gasteiger partial charge on any atom is -0.222 e. The van der Waals surface area contributed by atoms with Crippen molar-refractivity contribution in [1.29, 1.82) is 0 Å². The van der Waals surface area contributed by atoms with Gasteiger partial charge in [0.15, 0.2) is 5.82 Å². The second kappa shape index (κ2) is 3.77. The molecule has 98 valence electrons. The van der Waals surface area contributed by atoms with E-state index < -0.39 is 12.0 Å². The Morgan fingerprint density at radius 1 is 1.21 bits per heavy atom. The van der Waals surface area contributed by atoms with Gasteiger partial charge >= 0.3 is 6.18 Å². The number of nitrogens with zero attached hydrogens (tertiary/aromatic N) is 6. The SMILES string of the molecule is Cc1cc(-n2cccn2)n2nc(C(F)(F)F)nc2n1. The zero-order valence-corrected chi connectivity index (χ0v) is 9.63. The number of fused-ring (bicyclic) bond motifs is 1. The molecule has 0 saturated heterocycles. The van der Waals surface area contributed by atoms with Gasteiger partial charge in [0.25, 0.3) is 11.6 Å². The summed E-state index contributed by atoms with van der Waals surface area (Å²) < 4.78 is 40.3. The van der Waals surface area contributed by atoms with E-state index in [-0.39, 0.29) is 5.78 Å². The van der Waals surface area contributed by atoms with Gasteiger partial charge in [-0.15, -0.1) is 5.10 Å². The van der Waals surface area contributed by atoms with Crippen LogP contribution in [-0.4, -0.2) is 29.4 Å². The van der Waals surface area contributed by atoms with Crippen molar-refractivity contribution in [3.05, 3.63) is 36.0 Å². The lowest BCUT2D eigenvalue weighted by Gasteiger charge is -2.04. The van der Waals surface area contributed by atoms with E-state index in [9.17, 15) is 13.2 Å². The van der Waals surface area contributed by atoms with Gasteiger partial charge in [0.05, 0.1) is 0 Å². The first kappa shape index (κ1) is 11.6. The van der Waals surface area contributed by atoms with Crippen LogP contribution in [0.2, 0.25) is 0 Å². The molecule has 0 aromatic carbocycles. The molecule has 3 heterocycles. The Labute approximate surface area is 104 Å². The minimum atomic E-state index is -4.61. The van der Waals surface area contributed by atoms with Gasteiger partial charge < -0.3 is 0 Å². The van der Waals surface area contributed by atoms with Gasteiger partial charge in [-0.25, -0.2) is 9.67 Å². The molecule has 0 unspecified atom stereocenters. The quantitative estimate of drug-likeness (QED) is 0.673. The highest BCUT2D eigenvalue weighted by Crippen LogP contribution is 2.26. The molecule has 0 amide bonds. The van der Waals surface area contributed by atoms with Crippen molar-refractivity contribution < 1.29 is 13.2 Å². The van der Waals surface area contributed by atoms with Crippen LogP contribution in [0.3, 0.4) is 0 Å². The van der Waals surface area contributed by atoms with E-state index in [1.54, 1.807) is 25.3 Å². The lowest BCUT2D eigenvalue weighted by Crippen LogP contribution is -2.09. The molecule has 0 atom stereocenters. The molecule has 0 spiro atoms. The van der Waals surface area contributed by atoms with Crippen LogP contribution in [-0.2, 0) is 6.18 Å². The number of alkyl halides is 3. The van der Waals surface area contributed by atoms with Crippen LogP contribution in [0.15, 0.2) is 24.5 Å². The Morgan fingerprint density at radius 3 is 2.63 bits per heavy atom. The largest absolute Gasteiger partial charge is 0.453 e. The third kappa shape index (κ3) is 1.92. The summed E-state index contributed by atoms with van der Waals surface area (Å²) in [7, 11) is 0. The third-order valence-corrected chi connectivity index (χ3v) is 2.41. The molecule has 3 aromatic heterocycles. The average molecular weight is 268 g/mol. The summed E-state index contributed by atoms with van der Waals surface area (Å²) in [6.07, 6.45) is -1.49. The predicted molar refractivity (Wildman–Crippen MR) is 57.6 cm³/mol. The van der Waals surface area contributed by atoms with Crippen LogP contribution in [0.4, 0.5) is 13.2 Å². The van der Waals surface area contributed by atoms with Crippen molar-refractivity contribution in [2.45, 2.75) is 13.1 Å². The first-order valence-corrected chi connectivity index (χ1v) is 5.27. The number of hydrogen-bond donors (Lipinski definition) is 0. The highest BCUT2D eigenvalue weighted by Gasteiger charge is 2.36. The zero-order valence-electron chi connectivity index (χ0n) is 9.63. The summed E-state index contributed by atoms with van der Waals surface area (Å²) in [6.45, 7) is 1.66. The number of aromatic nitrogens is 6. The molecule has 0 aliphatic carbocycles. The number of halogens is 3. The first-order chi connectivity index (χ1) is 8.95. The maximum Gasteiger partial charge on any atom is 0.453 e. The lowest BCUT2D eigenvalue weighted by atomic mass is 10.4. The normalized spacial score (nSPS) is 12.2. The second-order valence-electron chi connectivity index (χ2n) is 3.85. The number of rotatable bonds is 1. The van der Waals surface area contributed by atoms with Crippen LogP contribution in [0.25, 0.3) is 11.6 Å². The van der Waals surface area contributed by atoms with E-state index >= 15 is 0 Å². The van der Waals surface area contributed by atoms with E-state index in [2.05, 4.69) is 20.2 Å². The smallest absolute Gasteiger partial charge is 0.222 e. The molecule has 3 rings (SSSR count). The molecule has 0 aliphatic heterocycles. The molecule has 6 nitrogen and oxygen atoms in total. The molecule has 9 heteroatoms. The average Bonchev–Trinajstić information content (AvgIpc) is 2.95. The van der Waals surface area contributed by atoms with E-state index in [4.69, 9.17) is 0 Å². The summed E-state index contributed by atoms with van der Waals surface area (Å²) in [4.78, 5) is 7.32. The van der Waals surface area contributed by atoms with Crippen molar-refractivity contribution in [3.8, 4) is 5.82 Å². The molecular formula is C10H7F3N6. The standard InChI is InChI=1S/C10H7F3N6/c1-6-5-7(18-4-2-3-14-18)19-9(15-6)16-8(17-19)10(11,12)13/h2-5H,1H3. The van der Waals surface area contributed by atoms with Crippen LogP contribution in [0.1, 0.15) is 11.5 Å². The number of hydrogen-bond acceptors (Lipinski definition) is 4. The highest BCUT2D eigenvalue weighted by molar-refractivity contribution is 5.38. The summed E-state index contributed by atoms with van der Waals surface area (Å²) >= 11 is 0. The highest BCUT2D eigenvalue weighted by atomic mass is 19.4. The van der Waals surface area contributed by atoms with E-state index in [1.165, 1.54) is 10.9 Å². The van der Waals surface area contributed by atoms with Gasteiger partial charge in [-0.1, -0.05) is 0 Å². The fourth-order valence-electron chi connectivity index (χ4n) is 1.66. The van der Waals surface area contributed by atoms with Crippen LogP contribution in [0, 0.1) is 6.92 Å². The van der Waals surface area contributed by atoms with Crippen LogP contribution in [0.5, 0.6) is 0 Å². The Balaban J connectivity index is 2.30. The van der Waals surface area contributed by atoms with Crippen LogP contribution >= 0.6 is 0 Å². The zero-order chi connectivity index (χ0) is 13.6. The molecule has 0 bridgehead atoms. The van der Waals surface area contributed by atoms with Gasteiger partial charge in [0.2, 0.25) is 0 Å². The van der Waals surface area contributed by atoms with Crippen molar-refractivity contribution in [1.82, 2.24) is 29.4 Å². The molecule has 0 radical (unpaired) electrons. The maximum atomic E-state index is 12.6. The van der Waals surface area contributed by atoms with Crippen molar-refractivity contribution in [3.63, 3.8) is 0 Å². The number of aryl methyl sites for hydroxylation is 1. The van der Waals surface area contributed by atoms with Gasteiger partial charge in [0.1, 0.15) is 0 Å². The van der Waals surface area contributed by atoms with Gasteiger partial charge in [0, 0.05) is 24.2 Å². The Bertz CT molecular complexity index is 728. The maximum absolute atomic E-state index is 12.6. The van der Waals surface area contributed by atoms with Crippen LogP contribution < -0.4 is 0 Å². The van der Waals surface area contributed by atoms with Crippen molar-refractivity contribution in [2.75, 3.05) is 0 Å². The van der Waals surface area contributed by atoms with Gasteiger partial charge in [-0.2, -0.15) is 27.8 Å². The van der Waals surface area contributed by atoms with E-state index in [0.29, 0.717) is 11.5 Å². The predicted octanol–water partition coefficient (Wildman–Crippen LogP) is 1.64. The minimum absolute atomic E-state index is 0.113. The Hall–Kier alpha value is -2.45.